The van der Waals surface area contributed by atoms with E-state index in [-0.39, 0.29) is 10.7 Å². The lowest BCUT2D eigenvalue weighted by atomic mass is 10.0. The molecule has 2 aromatic carbocycles. The molecule has 0 radical (unpaired) electrons. The van der Waals surface area contributed by atoms with Crippen LogP contribution >= 0.6 is 11.6 Å². The normalized spacial score (nSPS) is 11.3. The zero-order chi connectivity index (χ0) is 14.0. The molecule has 0 heterocycles. The molecule has 3 nitrogen and oxygen atoms in total. The van der Waals surface area contributed by atoms with Crippen LogP contribution in [0.25, 0.3) is 0 Å². The summed E-state index contributed by atoms with van der Waals surface area (Å²) in [6.07, 6.45) is 1.13. The molecule has 2 rings (SSSR count). The lowest BCUT2D eigenvalue weighted by molar-refractivity contribution is 0.103. The van der Waals surface area contributed by atoms with Crippen LogP contribution in [0, 0.1) is 0 Å². The summed E-state index contributed by atoms with van der Waals surface area (Å²) < 4.78 is 22.7. The molecule has 0 aliphatic heterocycles. The van der Waals surface area contributed by atoms with Gasteiger partial charge in [-0.25, -0.2) is 8.42 Å². The number of hydrogen-bond donors (Lipinski definition) is 0. The number of ketones is 1. The molecule has 0 saturated carbocycles. The highest BCUT2D eigenvalue weighted by atomic mass is 35.5. The smallest absolute Gasteiger partial charge is 0.193 e. The molecule has 2 aromatic rings. The number of carbonyl (C=O) groups is 1. The van der Waals surface area contributed by atoms with E-state index in [1.807, 2.05) is 0 Å². The van der Waals surface area contributed by atoms with Crippen molar-refractivity contribution in [3.63, 3.8) is 0 Å². The van der Waals surface area contributed by atoms with Gasteiger partial charge in [0.1, 0.15) is 0 Å². The largest absolute Gasteiger partial charge is 0.289 e. The highest BCUT2D eigenvalue weighted by molar-refractivity contribution is 7.90. The third-order valence-corrected chi connectivity index (χ3v) is 4.00. The van der Waals surface area contributed by atoms with Crippen molar-refractivity contribution in [1.82, 2.24) is 0 Å². The van der Waals surface area contributed by atoms with E-state index in [0.717, 1.165) is 6.26 Å². The summed E-state index contributed by atoms with van der Waals surface area (Å²) in [6, 6.07) is 12.5. The Morgan fingerprint density at radius 2 is 1.63 bits per heavy atom. The first-order valence-corrected chi connectivity index (χ1v) is 7.75. The van der Waals surface area contributed by atoms with E-state index in [1.165, 1.54) is 24.3 Å². The van der Waals surface area contributed by atoms with Crippen molar-refractivity contribution in [2.24, 2.45) is 0 Å². The van der Waals surface area contributed by atoms with Crippen LogP contribution in [-0.2, 0) is 9.84 Å². The highest BCUT2D eigenvalue weighted by Gasteiger charge is 2.11. The Hall–Kier alpha value is -1.65. The van der Waals surface area contributed by atoms with Crippen molar-refractivity contribution in [3.05, 3.63) is 64.7 Å². The van der Waals surface area contributed by atoms with Crippen LogP contribution in [0.2, 0.25) is 5.02 Å². The average molecular weight is 295 g/mol. The van der Waals surface area contributed by atoms with Crippen molar-refractivity contribution in [1.29, 1.82) is 0 Å². The molecule has 0 aromatic heterocycles. The van der Waals surface area contributed by atoms with Crippen molar-refractivity contribution < 1.29 is 13.2 Å². The second-order valence-corrected chi connectivity index (χ2v) is 6.59. The number of carbonyl (C=O) groups excluding carboxylic acids is 1. The van der Waals surface area contributed by atoms with Crippen LogP contribution in [-0.4, -0.2) is 20.5 Å². The van der Waals surface area contributed by atoms with Crippen molar-refractivity contribution in [3.8, 4) is 0 Å². The Kier molecular flexibility index (Phi) is 3.73. The number of benzene rings is 2. The monoisotopic (exact) mass is 294 g/mol. The van der Waals surface area contributed by atoms with E-state index in [4.69, 9.17) is 11.6 Å². The van der Waals surface area contributed by atoms with Gasteiger partial charge >= 0.3 is 0 Å². The SMILES string of the molecule is CS(=O)(=O)c1ccc(C(=O)c2cccc(Cl)c2)cc1. The van der Waals surface area contributed by atoms with Gasteiger partial charge in [0.25, 0.3) is 0 Å². The van der Waals surface area contributed by atoms with Gasteiger partial charge in [0.05, 0.1) is 4.90 Å². The first-order chi connectivity index (χ1) is 8.88. The lowest BCUT2D eigenvalue weighted by Crippen LogP contribution is -2.02. The van der Waals surface area contributed by atoms with E-state index in [2.05, 4.69) is 0 Å². The van der Waals surface area contributed by atoms with Gasteiger partial charge in [-0.05, 0) is 36.4 Å². The minimum atomic E-state index is -3.25. The maximum atomic E-state index is 12.2. The molecule has 0 spiro atoms. The van der Waals surface area contributed by atoms with Crippen LogP contribution in [0.5, 0.6) is 0 Å². The summed E-state index contributed by atoms with van der Waals surface area (Å²) in [7, 11) is -3.25. The van der Waals surface area contributed by atoms with Crippen LogP contribution in [0.15, 0.2) is 53.4 Å². The average Bonchev–Trinajstić information content (AvgIpc) is 2.37. The lowest BCUT2D eigenvalue weighted by Gasteiger charge is -2.03. The fourth-order valence-corrected chi connectivity index (χ4v) is 2.47. The van der Waals surface area contributed by atoms with E-state index in [1.54, 1.807) is 24.3 Å². The molecule has 0 N–H and O–H groups in total. The molecule has 0 unspecified atom stereocenters. The molecule has 0 atom stereocenters. The third kappa shape index (κ3) is 3.22. The minimum absolute atomic E-state index is 0.190. The zero-order valence-corrected chi connectivity index (χ0v) is 11.7. The molecule has 0 aliphatic rings. The summed E-state index contributed by atoms with van der Waals surface area (Å²) >= 11 is 5.83. The Labute approximate surface area is 116 Å². The Morgan fingerprint density at radius 1 is 1.00 bits per heavy atom. The maximum absolute atomic E-state index is 12.2. The highest BCUT2D eigenvalue weighted by Crippen LogP contribution is 2.16. The summed E-state index contributed by atoms with van der Waals surface area (Å²) in [5.74, 6) is -0.192. The van der Waals surface area contributed by atoms with Gasteiger partial charge in [-0.15, -0.1) is 0 Å². The topological polar surface area (TPSA) is 51.2 Å². The molecule has 0 saturated heterocycles. The predicted molar refractivity (Wildman–Crippen MR) is 74.4 cm³/mol. The van der Waals surface area contributed by atoms with E-state index >= 15 is 0 Å². The Balaban J connectivity index is 2.35. The second-order valence-electron chi connectivity index (χ2n) is 4.14. The second kappa shape index (κ2) is 5.15. The summed E-state index contributed by atoms with van der Waals surface area (Å²) in [6.45, 7) is 0. The van der Waals surface area contributed by atoms with Gasteiger partial charge in [-0.2, -0.15) is 0 Å². The molecule has 98 valence electrons. The van der Waals surface area contributed by atoms with Crippen LogP contribution in [0.1, 0.15) is 15.9 Å². The fourth-order valence-electron chi connectivity index (χ4n) is 1.65. The van der Waals surface area contributed by atoms with Gasteiger partial charge in [0.15, 0.2) is 15.6 Å². The maximum Gasteiger partial charge on any atom is 0.193 e. The van der Waals surface area contributed by atoms with Crippen LogP contribution < -0.4 is 0 Å². The Bertz CT molecular complexity index is 719. The molecular weight excluding hydrogens is 284 g/mol. The zero-order valence-electron chi connectivity index (χ0n) is 10.1. The summed E-state index contributed by atoms with van der Waals surface area (Å²) in [4.78, 5) is 12.3. The van der Waals surface area contributed by atoms with Crippen LogP contribution in [0.3, 0.4) is 0 Å². The minimum Gasteiger partial charge on any atom is -0.289 e. The quantitative estimate of drug-likeness (QED) is 0.818. The number of sulfone groups is 1. The molecule has 0 fully saturated rings. The van der Waals surface area contributed by atoms with Crippen molar-refractivity contribution in [2.45, 2.75) is 4.90 Å². The summed E-state index contributed by atoms with van der Waals surface area (Å²) in [5, 5.41) is 0.485. The van der Waals surface area contributed by atoms with Gasteiger partial charge < -0.3 is 0 Å². The number of halogens is 1. The Morgan fingerprint density at radius 3 is 2.16 bits per heavy atom. The predicted octanol–water partition coefficient (Wildman–Crippen LogP) is 2.97. The fraction of sp³-hybridized carbons (Fsp3) is 0.0714. The molecule has 0 aliphatic carbocycles. The van der Waals surface area contributed by atoms with Crippen molar-refractivity contribution >= 4 is 27.2 Å². The van der Waals surface area contributed by atoms with Gasteiger partial charge in [-0.1, -0.05) is 23.7 Å². The number of hydrogen-bond acceptors (Lipinski definition) is 3. The first-order valence-electron chi connectivity index (χ1n) is 5.48. The first kappa shape index (κ1) is 13.8. The van der Waals surface area contributed by atoms with E-state index in [0.29, 0.717) is 16.1 Å². The van der Waals surface area contributed by atoms with Gasteiger partial charge in [0, 0.05) is 22.4 Å². The van der Waals surface area contributed by atoms with Crippen molar-refractivity contribution in [2.75, 3.05) is 6.26 Å². The van der Waals surface area contributed by atoms with Gasteiger partial charge in [-0.3, -0.25) is 4.79 Å². The number of rotatable bonds is 3. The van der Waals surface area contributed by atoms with E-state index in [9.17, 15) is 13.2 Å². The standard InChI is InChI=1S/C14H11ClO3S/c1-19(17,18)13-7-5-10(6-8-13)14(16)11-3-2-4-12(15)9-11/h2-9H,1H3. The summed E-state index contributed by atoms with van der Waals surface area (Å²) in [5.41, 5.74) is 0.897. The molecule has 19 heavy (non-hydrogen) atoms. The van der Waals surface area contributed by atoms with E-state index < -0.39 is 9.84 Å². The van der Waals surface area contributed by atoms with Gasteiger partial charge in [0.2, 0.25) is 0 Å². The van der Waals surface area contributed by atoms with Crippen LogP contribution in [0.4, 0.5) is 0 Å². The molecule has 5 heteroatoms. The molecule has 0 bridgehead atoms. The third-order valence-electron chi connectivity index (χ3n) is 2.63. The molecule has 0 amide bonds. The molecular formula is C14H11ClO3S.